The highest BCUT2D eigenvalue weighted by atomic mass is 127. The summed E-state index contributed by atoms with van der Waals surface area (Å²) in [7, 11) is -2.46. The Morgan fingerprint density at radius 3 is 1.72 bits per heavy atom. The Morgan fingerprint density at radius 2 is 1.24 bits per heavy atom. The van der Waals surface area contributed by atoms with Crippen LogP contribution in [0, 0.1) is 38.2 Å². The predicted molar refractivity (Wildman–Crippen MR) is 281 cm³/mol. The summed E-state index contributed by atoms with van der Waals surface area (Å²) in [6, 6.07) is 10.3. The molecule has 0 spiro atoms. The number of nitrogens with one attached hydrogen (secondary N) is 2. The van der Waals surface area contributed by atoms with E-state index in [1.165, 1.54) is 0 Å². The number of hydrogen-bond donors (Lipinski definition) is 2. The maximum Gasteiger partial charge on any atom is 0.255 e. The van der Waals surface area contributed by atoms with Crippen molar-refractivity contribution < 1.29 is 28.7 Å². The van der Waals surface area contributed by atoms with E-state index in [4.69, 9.17) is 36.6 Å². The molecule has 0 aliphatic carbocycles. The molecule has 20 nitrogen and oxygen atoms in total. The fraction of sp³-hybridized carbons (Fsp3) is 0.468. The van der Waals surface area contributed by atoms with Gasteiger partial charge in [-0.3, -0.25) is 19.2 Å². The van der Waals surface area contributed by atoms with Crippen LogP contribution in [0.1, 0.15) is 34.6 Å². The number of hydrogen-bond acceptors (Lipinski definition) is 13. The molecule has 0 saturated carbocycles. The number of rotatable bonds is 17. The van der Waals surface area contributed by atoms with Crippen molar-refractivity contribution in [2.45, 2.75) is 90.8 Å². The van der Waals surface area contributed by atoms with Crippen molar-refractivity contribution in [1.29, 1.82) is 10.5 Å². The minimum Gasteiger partial charge on any atom is -0.361 e. The van der Waals surface area contributed by atoms with Crippen molar-refractivity contribution in [3.63, 3.8) is 0 Å². The van der Waals surface area contributed by atoms with Crippen LogP contribution in [0.5, 0.6) is 0 Å². The quantitative estimate of drug-likeness (QED) is 0.0581. The molecule has 24 heteroatoms. The first kappa shape index (κ1) is 53.0. The van der Waals surface area contributed by atoms with Gasteiger partial charge >= 0.3 is 0 Å². The lowest BCUT2D eigenvalue weighted by molar-refractivity contribution is -0.138. The highest BCUT2D eigenvalue weighted by molar-refractivity contribution is 14.1. The van der Waals surface area contributed by atoms with Crippen LogP contribution < -0.4 is 10.6 Å². The Labute approximate surface area is 432 Å². The lowest BCUT2D eigenvalue weighted by Crippen LogP contribution is -2.55. The Hall–Kier alpha value is -5.84. The molecule has 4 amide bonds. The molecule has 7 heterocycles. The van der Waals surface area contributed by atoms with E-state index in [0.29, 0.717) is 81.8 Å². The maximum absolute atomic E-state index is 13.5. The summed E-state index contributed by atoms with van der Waals surface area (Å²) in [4.78, 5) is 73.1. The van der Waals surface area contributed by atoms with E-state index in [0.717, 1.165) is 23.0 Å². The zero-order valence-electron chi connectivity index (χ0n) is 41.1. The fourth-order valence-corrected chi connectivity index (χ4v) is 9.75. The van der Waals surface area contributed by atoms with Crippen LogP contribution in [-0.4, -0.2) is 140 Å². The summed E-state index contributed by atoms with van der Waals surface area (Å²) in [6.45, 7) is 20.3. The first-order chi connectivity index (χ1) is 33.6. The highest BCUT2D eigenvalue weighted by Gasteiger charge is 2.35. The Balaban J connectivity index is 0.000000216. The van der Waals surface area contributed by atoms with Gasteiger partial charge in [0.25, 0.3) is 11.8 Å². The van der Waals surface area contributed by atoms with Crippen LogP contribution in [0.2, 0.25) is 56.4 Å². The second-order valence-corrected chi connectivity index (χ2v) is 33.1. The van der Waals surface area contributed by atoms with Gasteiger partial charge in [0, 0.05) is 78.3 Å². The molecule has 0 unspecified atom stereocenters. The Morgan fingerprint density at radius 1 is 0.761 bits per heavy atom. The van der Waals surface area contributed by atoms with Gasteiger partial charge < -0.3 is 39.0 Å². The summed E-state index contributed by atoms with van der Waals surface area (Å²) in [6.07, 6.45) is 8.27. The summed E-state index contributed by atoms with van der Waals surface area (Å²) in [5.41, 5.74) is 3.32. The van der Waals surface area contributed by atoms with Crippen LogP contribution in [0.3, 0.4) is 0 Å². The number of ether oxygens (including phenoxy) is 2. The Bertz CT molecular complexity index is 3050. The normalized spacial score (nSPS) is 15.0. The van der Waals surface area contributed by atoms with Gasteiger partial charge in [0.1, 0.15) is 40.3 Å². The van der Waals surface area contributed by atoms with E-state index in [2.05, 4.69) is 105 Å². The largest absolute Gasteiger partial charge is 0.361 e. The van der Waals surface area contributed by atoms with E-state index in [1.807, 2.05) is 12.1 Å². The third kappa shape index (κ3) is 13.0. The number of carbonyl (C=O) groups is 4. The number of aromatic nitrogens is 8. The molecular weight excluding hydrogens is 1080 g/mol. The number of likely N-dealkylation sites (tertiary alicyclic amines) is 2. The first-order valence-electron chi connectivity index (χ1n) is 23.3. The first-order valence-corrected chi connectivity index (χ1v) is 32.1. The average Bonchev–Trinajstić information content (AvgIpc) is 3.98. The number of benzene rings is 1. The van der Waals surface area contributed by atoms with Crippen molar-refractivity contribution in [1.82, 2.24) is 59.3 Å². The lowest BCUT2D eigenvalue weighted by Gasteiger charge is -2.37. The van der Waals surface area contributed by atoms with E-state index in [-0.39, 0.29) is 48.6 Å². The molecule has 374 valence electrons. The zero-order valence-corrected chi connectivity index (χ0v) is 46.0. The van der Waals surface area contributed by atoms with Gasteiger partial charge in [-0.1, -0.05) is 50.9 Å². The summed E-state index contributed by atoms with van der Waals surface area (Å²) < 4.78 is 17.6. The number of carbonyl (C=O) groups excluding carboxylic acids is 4. The lowest BCUT2D eigenvalue weighted by atomic mass is 10.0. The van der Waals surface area contributed by atoms with Crippen molar-refractivity contribution in [2.75, 3.05) is 39.4 Å². The van der Waals surface area contributed by atoms with Crippen LogP contribution in [-0.2, 0) is 32.5 Å². The minimum absolute atomic E-state index is 0.122. The van der Waals surface area contributed by atoms with Crippen LogP contribution in [0.15, 0.2) is 49.2 Å². The molecule has 5 aromatic heterocycles. The molecule has 2 fully saturated rings. The predicted octanol–water partition coefficient (Wildman–Crippen LogP) is 6.28. The topological polar surface area (TPSA) is 244 Å². The molecule has 0 bridgehead atoms. The van der Waals surface area contributed by atoms with Crippen LogP contribution in [0.25, 0.3) is 39.0 Å². The molecule has 2 saturated heterocycles. The number of fused-ring (bicyclic) bond motifs is 3. The number of nitriles is 2. The number of nitrogens with zero attached hydrogens (tertiary/aromatic N) is 12. The van der Waals surface area contributed by atoms with Crippen LogP contribution >= 0.6 is 34.2 Å². The van der Waals surface area contributed by atoms with Gasteiger partial charge in [-0.25, -0.2) is 24.6 Å². The van der Waals surface area contributed by atoms with Gasteiger partial charge in [-0.05, 0) is 66.7 Å². The van der Waals surface area contributed by atoms with E-state index in [1.54, 1.807) is 74.5 Å². The minimum atomic E-state index is -1.27. The van der Waals surface area contributed by atoms with Crippen LogP contribution in [0.4, 0.5) is 0 Å². The second-order valence-electron chi connectivity index (χ2n) is 20.3. The summed E-state index contributed by atoms with van der Waals surface area (Å²) in [5.74, 6) is -1.11. The summed E-state index contributed by atoms with van der Waals surface area (Å²) in [5, 5.41) is 29.3. The summed E-state index contributed by atoms with van der Waals surface area (Å²) >= 11 is 8.19. The third-order valence-corrected chi connectivity index (χ3v) is 16.1. The molecule has 71 heavy (non-hydrogen) atoms. The fourth-order valence-electron chi connectivity index (χ4n) is 7.67. The average molecular weight is 1130 g/mol. The van der Waals surface area contributed by atoms with Crippen molar-refractivity contribution in [3.05, 3.63) is 69.0 Å². The van der Waals surface area contributed by atoms with Gasteiger partial charge in [0.15, 0.2) is 17.1 Å². The van der Waals surface area contributed by atoms with Gasteiger partial charge in [-0.2, -0.15) is 15.6 Å². The highest BCUT2D eigenvalue weighted by Crippen LogP contribution is 2.26. The molecule has 2 aliphatic rings. The maximum atomic E-state index is 13.5. The van der Waals surface area contributed by atoms with Crippen molar-refractivity contribution >= 4 is 107 Å². The number of amides is 4. The molecule has 2 aliphatic heterocycles. The van der Waals surface area contributed by atoms with Crippen molar-refractivity contribution in [3.8, 4) is 18.0 Å². The standard InChI is InChI=1S/C27H31ClN8O3Si.C20H27IN6O3Si/c1-17(27(38)34-13-18(10-29)14-34)32-26(37)21-15-35(16-39-7-8-40(2,3)4)25-24(21)33-23(12-30-25)36-22-6-5-20(28)9-19(22)11-31-36;1-13(20(29)26-9-14(7-22)10-26)24-19(28)15-11-27(12-30-5-6-31(2,3)4)18-17(15)25-16(21)8-23-18/h5-6,9,11-12,15,17-18H,7-8,13-14,16H2,1-4H3,(H,32,37);8,11,13-14H,5-6,9-10,12H2,1-4H3,(H,24,28)/t17-;13-/m11/s1. The van der Waals surface area contributed by atoms with Gasteiger partial charge in [0.05, 0.1) is 59.2 Å². The van der Waals surface area contributed by atoms with E-state index >= 15 is 0 Å². The smallest absolute Gasteiger partial charge is 0.255 e. The molecule has 8 rings (SSSR count). The molecule has 6 aromatic rings. The zero-order chi connectivity index (χ0) is 51.4. The molecule has 1 aromatic carbocycles. The molecule has 2 N–H and O–H groups in total. The molecular formula is C47H58ClIN14O6Si2. The molecule has 0 radical (unpaired) electrons. The SMILES string of the molecule is C[C@@H](NC(=O)c1cn(COCC[Si](C)(C)C)c2ncc(-n3ncc4cc(Cl)ccc43)nc12)C(=O)N1CC(C#N)C1.C[C@@H](NC(=O)c1cn(COCC[Si](C)(C)C)c2ncc(I)nc12)C(=O)N1CC(C#N)C1. The van der Waals surface area contributed by atoms with Gasteiger partial charge in [0.2, 0.25) is 11.8 Å². The second kappa shape index (κ2) is 22.3. The number of halogens is 2. The Kier molecular flexibility index (Phi) is 16.6. The van der Waals surface area contributed by atoms with Crippen molar-refractivity contribution in [2.24, 2.45) is 11.8 Å². The third-order valence-electron chi connectivity index (χ3n) is 12.0. The molecule has 2 atom stereocenters. The van der Waals surface area contributed by atoms with E-state index in [9.17, 15) is 19.2 Å². The van der Waals surface area contributed by atoms with E-state index < -0.39 is 34.1 Å². The van der Waals surface area contributed by atoms with Gasteiger partial charge in [-0.15, -0.1) is 0 Å². The monoisotopic (exact) mass is 1130 g/mol.